The Hall–Kier alpha value is -1.36. The maximum absolute atomic E-state index is 10.7. The molecule has 0 saturated carbocycles. The molecule has 1 aromatic heterocycles. The van der Waals surface area contributed by atoms with Crippen LogP contribution < -0.4 is 5.73 Å². The van der Waals surface area contributed by atoms with E-state index in [-0.39, 0.29) is 6.42 Å². The number of rotatable bonds is 5. The van der Waals surface area contributed by atoms with E-state index in [1.807, 2.05) is 20.2 Å². The summed E-state index contributed by atoms with van der Waals surface area (Å²) in [6, 6.07) is 0. The maximum Gasteiger partial charge on any atom is 0.305 e. The van der Waals surface area contributed by atoms with Crippen LogP contribution in [0.5, 0.6) is 0 Å². The summed E-state index contributed by atoms with van der Waals surface area (Å²) >= 11 is 0. The van der Waals surface area contributed by atoms with Crippen molar-refractivity contribution in [3.63, 3.8) is 0 Å². The molecule has 0 aliphatic rings. The van der Waals surface area contributed by atoms with E-state index in [0.717, 1.165) is 5.56 Å². The summed E-state index contributed by atoms with van der Waals surface area (Å²) in [5.41, 5.74) is 6.32. The number of carboxylic acids is 1. The van der Waals surface area contributed by atoms with Crippen LogP contribution in [0, 0.1) is 0 Å². The van der Waals surface area contributed by atoms with Crippen LogP contribution >= 0.6 is 0 Å². The number of carboxylic acid groups (broad SMARTS) is 1. The Kier molecular flexibility index (Phi) is 3.47. The van der Waals surface area contributed by atoms with Gasteiger partial charge in [0, 0.05) is 18.8 Å². The molecule has 0 bridgehead atoms. The van der Waals surface area contributed by atoms with Crippen LogP contribution in [0.4, 0.5) is 0 Å². The van der Waals surface area contributed by atoms with Crippen molar-refractivity contribution in [1.82, 2.24) is 9.78 Å². The fraction of sp³-hybridized carbons (Fsp3) is 0.600. The number of carbonyl (C=O) groups is 1. The minimum atomic E-state index is -0.858. The van der Waals surface area contributed by atoms with E-state index in [2.05, 4.69) is 5.10 Å². The summed E-state index contributed by atoms with van der Waals surface area (Å²) in [7, 11) is 1.82. The van der Waals surface area contributed by atoms with Gasteiger partial charge in [0.1, 0.15) is 0 Å². The van der Waals surface area contributed by atoms with Crippen molar-refractivity contribution >= 4 is 5.97 Å². The van der Waals surface area contributed by atoms with E-state index >= 15 is 0 Å². The first-order chi connectivity index (χ1) is 6.95. The Morgan fingerprint density at radius 1 is 1.73 bits per heavy atom. The Bertz CT molecular complexity index is 348. The lowest BCUT2D eigenvalue weighted by molar-refractivity contribution is -0.138. The van der Waals surface area contributed by atoms with Gasteiger partial charge in [-0.25, -0.2) is 0 Å². The molecule has 5 nitrogen and oxygen atoms in total. The molecule has 0 saturated heterocycles. The van der Waals surface area contributed by atoms with E-state index in [9.17, 15) is 4.79 Å². The van der Waals surface area contributed by atoms with Gasteiger partial charge in [-0.1, -0.05) is 6.92 Å². The summed E-state index contributed by atoms with van der Waals surface area (Å²) in [5.74, 6) is -0.858. The van der Waals surface area contributed by atoms with Gasteiger partial charge in [0.25, 0.3) is 0 Å². The van der Waals surface area contributed by atoms with Gasteiger partial charge in [0.05, 0.1) is 12.6 Å². The number of nitrogens with zero attached hydrogens (tertiary/aromatic N) is 2. The van der Waals surface area contributed by atoms with Gasteiger partial charge >= 0.3 is 5.97 Å². The Balaban J connectivity index is 2.71. The van der Waals surface area contributed by atoms with Crippen molar-refractivity contribution in [1.29, 1.82) is 0 Å². The highest BCUT2D eigenvalue weighted by molar-refractivity contribution is 5.68. The molecule has 0 fully saturated rings. The molecule has 15 heavy (non-hydrogen) atoms. The highest BCUT2D eigenvalue weighted by Crippen LogP contribution is 2.18. The van der Waals surface area contributed by atoms with Gasteiger partial charge in [-0.15, -0.1) is 0 Å². The van der Waals surface area contributed by atoms with Crippen molar-refractivity contribution in [2.24, 2.45) is 12.8 Å². The predicted octanol–water partition coefficient (Wildman–Crippen LogP) is 0.545. The SMILES string of the molecule is CC[C@@](N)(CC(=O)O)Cc1cnn(C)c1. The van der Waals surface area contributed by atoms with E-state index in [4.69, 9.17) is 10.8 Å². The smallest absolute Gasteiger partial charge is 0.305 e. The van der Waals surface area contributed by atoms with Gasteiger partial charge in [0.2, 0.25) is 0 Å². The first kappa shape index (κ1) is 11.7. The predicted molar refractivity (Wildman–Crippen MR) is 56.4 cm³/mol. The van der Waals surface area contributed by atoms with Crippen molar-refractivity contribution in [2.45, 2.75) is 31.7 Å². The second kappa shape index (κ2) is 4.44. The zero-order chi connectivity index (χ0) is 11.5. The number of aromatic nitrogens is 2. The average Bonchev–Trinajstić information content (AvgIpc) is 2.49. The third-order valence-electron chi connectivity index (χ3n) is 2.52. The molecule has 5 heteroatoms. The average molecular weight is 211 g/mol. The fourth-order valence-electron chi connectivity index (χ4n) is 1.58. The van der Waals surface area contributed by atoms with Crippen LogP contribution in [0.1, 0.15) is 25.3 Å². The van der Waals surface area contributed by atoms with Crippen molar-refractivity contribution in [2.75, 3.05) is 0 Å². The number of hydrogen-bond acceptors (Lipinski definition) is 3. The maximum atomic E-state index is 10.7. The van der Waals surface area contributed by atoms with E-state index < -0.39 is 11.5 Å². The van der Waals surface area contributed by atoms with Gasteiger partial charge in [-0.05, 0) is 18.4 Å². The third-order valence-corrected chi connectivity index (χ3v) is 2.52. The monoisotopic (exact) mass is 211 g/mol. The minimum absolute atomic E-state index is 0.0155. The molecule has 0 unspecified atom stereocenters. The minimum Gasteiger partial charge on any atom is -0.481 e. The molecule has 1 aromatic rings. The molecule has 0 aromatic carbocycles. The van der Waals surface area contributed by atoms with E-state index in [0.29, 0.717) is 12.8 Å². The zero-order valence-corrected chi connectivity index (χ0v) is 9.10. The molecule has 0 spiro atoms. The molecule has 84 valence electrons. The molecular weight excluding hydrogens is 194 g/mol. The molecule has 0 aliphatic carbocycles. The Morgan fingerprint density at radius 2 is 2.40 bits per heavy atom. The van der Waals surface area contributed by atoms with E-state index in [1.165, 1.54) is 0 Å². The molecule has 0 radical (unpaired) electrons. The largest absolute Gasteiger partial charge is 0.481 e. The summed E-state index contributed by atoms with van der Waals surface area (Å²) in [5, 5.41) is 12.8. The summed E-state index contributed by atoms with van der Waals surface area (Å²) in [4.78, 5) is 10.7. The van der Waals surface area contributed by atoms with Crippen LogP contribution in [-0.4, -0.2) is 26.4 Å². The number of aliphatic carboxylic acids is 1. The lowest BCUT2D eigenvalue weighted by atomic mass is 9.87. The number of aryl methyl sites for hydroxylation is 1. The van der Waals surface area contributed by atoms with Gasteiger partial charge in [-0.2, -0.15) is 5.10 Å². The normalized spacial score (nSPS) is 14.9. The Morgan fingerprint density at radius 3 is 2.80 bits per heavy atom. The van der Waals surface area contributed by atoms with Gasteiger partial charge in [0.15, 0.2) is 0 Å². The number of hydrogen-bond donors (Lipinski definition) is 2. The summed E-state index contributed by atoms with van der Waals surface area (Å²) in [6.07, 6.45) is 4.74. The van der Waals surface area contributed by atoms with Crippen molar-refractivity contribution in [3.05, 3.63) is 18.0 Å². The van der Waals surface area contributed by atoms with Crippen LogP contribution in [0.3, 0.4) is 0 Å². The van der Waals surface area contributed by atoms with Crippen LogP contribution in [0.2, 0.25) is 0 Å². The standard InChI is InChI=1S/C10H17N3O2/c1-3-10(11,5-9(14)15)4-8-6-12-13(2)7-8/h6-7H,3-5,11H2,1-2H3,(H,14,15)/t10-/m0/s1. The van der Waals surface area contributed by atoms with Crippen LogP contribution in [0.25, 0.3) is 0 Å². The molecule has 0 amide bonds. The topological polar surface area (TPSA) is 81.1 Å². The Labute approximate surface area is 88.9 Å². The quantitative estimate of drug-likeness (QED) is 0.745. The number of nitrogens with two attached hydrogens (primary N) is 1. The molecule has 0 aliphatic heterocycles. The second-order valence-corrected chi connectivity index (χ2v) is 3.99. The third kappa shape index (κ3) is 3.36. The lowest BCUT2D eigenvalue weighted by Crippen LogP contribution is -2.43. The first-order valence-corrected chi connectivity index (χ1v) is 4.93. The molecule has 3 N–H and O–H groups in total. The van der Waals surface area contributed by atoms with E-state index in [1.54, 1.807) is 10.9 Å². The summed E-state index contributed by atoms with van der Waals surface area (Å²) < 4.78 is 1.69. The lowest BCUT2D eigenvalue weighted by Gasteiger charge is -2.25. The highest BCUT2D eigenvalue weighted by atomic mass is 16.4. The second-order valence-electron chi connectivity index (χ2n) is 3.99. The molecular formula is C10H17N3O2. The zero-order valence-electron chi connectivity index (χ0n) is 9.10. The molecule has 1 atom stereocenters. The summed E-state index contributed by atoms with van der Waals surface area (Å²) in [6.45, 7) is 1.90. The van der Waals surface area contributed by atoms with Crippen molar-refractivity contribution < 1.29 is 9.90 Å². The molecule has 1 rings (SSSR count). The van der Waals surface area contributed by atoms with Crippen molar-refractivity contribution in [3.8, 4) is 0 Å². The van der Waals surface area contributed by atoms with Gasteiger partial charge in [-0.3, -0.25) is 9.48 Å². The fourth-order valence-corrected chi connectivity index (χ4v) is 1.58. The highest BCUT2D eigenvalue weighted by Gasteiger charge is 2.26. The van der Waals surface area contributed by atoms with Crippen LogP contribution in [-0.2, 0) is 18.3 Å². The first-order valence-electron chi connectivity index (χ1n) is 4.93. The van der Waals surface area contributed by atoms with Crippen LogP contribution in [0.15, 0.2) is 12.4 Å². The molecule has 1 heterocycles. The van der Waals surface area contributed by atoms with Gasteiger partial charge < -0.3 is 10.8 Å².